The zero-order valence-corrected chi connectivity index (χ0v) is 105. The van der Waals surface area contributed by atoms with Crippen molar-refractivity contribution in [3.05, 3.63) is 368 Å². The van der Waals surface area contributed by atoms with Crippen LogP contribution in [0.1, 0.15) is 380 Å². The molecule has 0 aliphatic rings. The SMILES string of the molecule is CC.CC.CC.CC.CC.CC.CC.CC.CC.CC.CC.CC.CC.CC.CC.CC.CC.CC.CC.CC.CC.CC.CC.CC.CC.Cc1c2ccccc2c(C)c2ccccc12.Cc1ccc(C)c2ccccc12.Cc1nnc(C)o1.Cn1c2ccccc2c2ccccc21.Cn1c2ccccc2c2ccccc21.c1ccc2cc3ccccc3cc2c1.c1ccccc1.c1ccncc1.c1cncnc1. The smallest absolute Gasteiger partial charge is 0.213 e. The quantitative estimate of drug-likeness (QED) is 0.141. The summed E-state index contributed by atoms with van der Waals surface area (Å²) in [6.07, 6.45) is 8.38. The molecule has 0 saturated carbocycles. The summed E-state index contributed by atoms with van der Waals surface area (Å²) in [5.74, 6) is 1.25. The van der Waals surface area contributed by atoms with Gasteiger partial charge in [-0.3, -0.25) is 4.98 Å². The van der Waals surface area contributed by atoms with Crippen molar-refractivity contribution in [2.45, 2.75) is 388 Å². The highest BCUT2D eigenvalue weighted by Crippen LogP contribution is 2.33. The minimum Gasteiger partial charge on any atom is -0.426 e. The van der Waals surface area contributed by atoms with E-state index < -0.39 is 0 Å². The molecular weight excluding hydrogens is 1760 g/mol. The average molecular weight is 1990 g/mol. The summed E-state index contributed by atoms with van der Waals surface area (Å²) < 4.78 is 9.34. The summed E-state index contributed by atoms with van der Waals surface area (Å²) in [6.45, 7) is 112. The molecule has 5 aromatic heterocycles. The predicted molar refractivity (Wildman–Crippen MR) is 687 cm³/mol. The number of fused-ring (bicyclic) bond motifs is 11. The van der Waals surface area contributed by atoms with Crippen LogP contribution in [0.15, 0.2) is 339 Å². The van der Waals surface area contributed by atoms with Crippen LogP contribution in [-0.2, 0) is 14.1 Å². The number of para-hydroxylation sites is 4. The Morgan fingerprint density at radius 1 is 0.166 bits per heavy atom. The Morgan fingerprint density at radius 3 is 0.483 bits per heavy atom. The molecule has 0 aliphatic heterocycles. The van der Waals surface area contributed by atoms with Gasteiger partial charge >= 0.3 is 0 Å². The fourth-order valence-corrected chi connectivity index (χ4v) is 11.6. The lowest BCUT2D eigenvalue weighted by Crippen LogP contribution is -1.87. The van der Waals surface area contributed by atoms with Crippen LogP contribution >= 0.6 is 0 Å². The van der Waals surface area contributed by atoms with Crippen molar-refractivity contribution >= 4 is 97.5 Å². The van der Waals surface area contributed by atoms with Gasteiger partial charge in [0.25, 0.3) is 0 Å². The first kappa shape index (κ1) is 169. The van der Waals surface area contributed by atoms with Crippen LogP contribution in [0.2, 0.25) is 0 Å². The zero-order valence-electron chi connectivity index (χ0n) is 105. The van der Waals surface area contributed by atoms with Gasteiger partial charge in [-0.2, -0.15) is 0 Å². The molecule has 8 nitrogen and oxygen atoms in total. The van der Waals surface area contributed by atoms with Crippen molar-refractivity contribution in [2.75, 3.05) is 0 Å². The molecule has 0 radical (unpaired) electrons. The second-order valence-corrected chi connectivity index (χ2v) is 22.7. The summed E-state index contributed by atoms with van der Waals surface area (Å²) in [5.41, 5.74) is 10.7. The van der Waals surface area contributed by atoms with Gasteiger partial charge in [-0.15, -0.1) is 10.2 Å². The van der Waals surface area contributed by atoms with Gasteiger partial charge in [0.1, 0.15) is 6.33 Å². The van der Waals surface area contributed by atoms with Crippen molar-refractivity contribution in [3.63, 3.8) is 0 Å². The second-order valence-electron chi connectivity index (χ2n) is 22.7. The lowest BCUT2D eigenvalue weighted by molar-refractivity contribution is 0.489. The molecule has 18 aromatic rings. The van der Waals surface area contributed by atoms with E-state index in [-0.39, 0.29) is 0 Å². The number of aryl methyl sites for hydroxylation is 8. The van der Waals surface area contributed by atoms with E-state index in [4.69, 9.17) is 4.42 Å². The number of nitrogens with zero attached hydrogens (tertiary/aromatic N) is 7. The van der Waals surface area contributed by atoms with Crippen LogP contribution in [0.25, 0.3) is 97.5 Å². The molecule has 13 aromatic carbocycles. The molecule has 8 heteroatoms. The van der Waals surface area contributed by atoms with Gasteiger partial charge in [-0.25, -0.2) is 9.97 Å². The predicted octanol–water partition coefficient (Wildman–Crippen LogP) is 48.3. The molecule has 0 spiro atoms. The van der Waals surface area contributed by atoms with Crippen LogP contribution in [0, 0.1) is 41.5 Å². The molecule has 0 saturated heterocycles. The number of hydrogen-bond donors (Lipinski definition) is 0. The van der Waals surface area contributed by atoms with Crippen molar-refractivity contribution in [1.82, 2.24) is 34.3 Å². The second kappa shape index (κ2) is 141. The third kappa shape index (κ3) is 73.0. The molecule has 145 heavy (non-hydrogen) atoms. The molecule has 5 heterocycles. The molecule has 0 atom stereocenters. The third-order valence-corrected chi connectivity index (χ3v) is 16.4. The Kier molecular flexibility index (Phi) is 164. The first-order chi connectivity index (χ1) is 71.5. The van der Waals surface area contributed by atoms with Crippen LogP contribution < -0.4 is 0 Å². The normalized spacial score (nSPS) is 7.79. The number of hydrogen-bond acceptors (Lipinski definition) is 6. The first-order valence-electron chi connectivity index (χ1n) is 56.9. The molecule has 0 aliphatic carbocycles. The maximum Gasteiger partial charge on any atom is 0.213 e. The fraction of sp³-hybridized carbons (Fsp3) is 0.423. The van der Waals surface area contributed by atoms with Gasteiger partial charge in [0.05, 0.1) is 0 Å². The molecule has 0 N–H and O–H groups in total. The van der Waals surface area contributed by atoms with Gasteiger partial charge in [0, 0.05) is 96.3 Å². The highest BCUT2D eigenvalue weighted by molar-refractivity contribution is 6.09. The van der Waals surface area contributed by atoms with Crippen molar-refractivity contribution < 1.29 is 4.42 Å². The number of benzene rings is 13. The van der Waals surface area contributed by atoms with E-state index >= 15 is 0 Å². The molecule has 0 fully saturated rings. The molecule has 0 bridgehead atoms. The van der Waals surface area contributed by atoms with E-state index in [9.17, 15) is 0 Å². The van der Waals surface area contributed by atoms with E-state index in [2.05, 4.69) is 319 Å². The Morgan fingerprint density at radius 2 is 0.331 bits per heavy atom. The highest BCUT2D eigenvalue weighted by Gasteiger charge is 2.09. The van der Waals surface area contributed by atoms with Crippen LogP contribution in [0.3, 0.4) is 0 Å². The van der Waals surface area contributed by atoms with Crippen molar-refractivity contribution in [2.24, 2.45) is 14.1 Å². The number of aromatic nitrogens is 7. The standard InChI is InChI=1S/C16H14.C14H10.2C13H11N.C12H12.C6H6.C5H5N.C4H6N2O.C4H4N2.25C2H6/c1-11-13-7-3-5-9-15(13)12(2)16-10-6-4-8-14(11)16;1-2-6-12-10-14-8-4-3-7-13(14)9-11(12)5-1;2*1-14-12-8-4-2-6-10(12)11-7-3-5-9-13(11)14;1-9-7-8-10(2)12-6-4-3-5-11(9)12;2*1-2-4-6-5-3-1;1-3-5-6-4(2)7-3;1-2-5-4-6-3-1;25*1-2/h3-10H,1-2H3;1-10H;2*2-9H,1H3;3-8H,1-2H3;1-6H;1-5H;1-2H3;1-4H;25*1-2H3. The van der Waals surface area contributed by atoms with E-state index in [0.29, 0.717) is 11.8 Å². The highest BCUT2D eigenvalue weighted by atomic mass is 16.4. The molecule has 0 unspecified atom stereocenters. The van der Waals surface area contributed by atoms with Gasteiger partial charge in [0.2, 0.25) is 11.8 Å². The van der Waals surface area contributed by atoms with Gasteiger partial charge in [0.15, 0.2) is 0 Å². The monoisotopic (exact) mass is 1990 g/mol. The lowest BCUT2D eigenvalue weighted by Gasteiger charge is -2.11. The molecule has 0 amide bonds. The van der Waals surface area contributed by atoms with E-state index in [1.807, 2.05) is 401 Å². The summed E-state index contributed by atoms with van der Waals surface area (Å²) in [6, 6.07) is 105. The van der Waals surface area contributed by atoms with E-state index in [0.717, 1.165) is 0 Å². The molecular formula is C137H229N7O. The summed E-state index contributed by atoms with van der Waals surface area (Å²) in [5, 5.41) is 26.0. The van der Waals surface area contributed by atoms with Crippen molar-refractivity contribution in [1.29, 1.82) is 0 Å². The van der Waals surface area contributed by atoms with Crippen molar-refractivity contribution in [3.8, 4) is 0 Å². The van der Waals surface area contributed by atoms with Gasteiger partial charge in [-0.1, -0.05) is 595 Å². The van der Waals surface area contributed by atoms with Gasteiger partial charge < -0.3 is 13.6 Å². The Labute approximate surface area is 900 Å². The molecule has 818 valence electrons. The Bertz CT molecular complexity index is 4720. The average Bonchev–Trinajstić information content (AvgIpc) is 1.53. The summed E-state index contributed by atoms with van der Waals surface area (Å²) in [7, 11) is 4.23. The summed E-state index contributed by atoms with van der Waals surface area (Å²) >= 11 is 0. The fourth-order valence-electron chi connectivity index (χ4n) is 11.6. The van der Waals surface area contributed by atoms with Crippen LogP contribution in [-0.4, -0.2) is 34.3 Å². The van der Waals surface area contributed by atoms with E-state index in [1.165, 1.54) is 126 Å². The zero-order chi connectivity index (χ0) is 116. The number of rotatable bonds is 0. The maximum absolute atomic E-state index is 4.86. The Hall–Kier alpha value is -11.9. The third-order valence-electron chi connectivity index (χ3n) is 16.4. The van der Waals surface area contributed by atoms with Crippen LogP contribution in [0.4, 0.5) is 0 Å². The largest absolute Gasteiger partial charge is 0.426 e. The minimum atomic E-state index is 0.623. The topological polar surface area (TPSA) is 87.5 Å². The molecule has 18 rings (SSSR count). The lowest BCUT2D eigenvalue weighted by atomic mass is 9.93. The Balaban J connectivity index is -0.0000000883. The maximum atomic E-state index is 4.86. The first-order valence-corrected chi connectivity index (χ1v) is 56.9. The number of pyridine rings is 1. The van der Waals surface area contributed by atoms with E-state index in [1.54, 1.807) is 44.7 Å². The van der Waals surface area contributed by atoms with Crippen LogP contribution in [0.5, 0.6) is 0 Å². The minimum absolute atomic E-state index is 0.623. The van der Waals surface area contributed by atoms with Gasteiger partial charge in [-0.05, 0) is 158 Å². The summed E-state index contributed by atoms with van der Waals surface area (Å²) in [4.78, 5) is 11.1.